The van der Waals surface area contributed by atoms with E-state index >= 15 is 0 Å². The molecule has 0 aliphatic rings. The van der Waals surface area contributed by atoms with Gasteiger partial charge in [0.05, 0.1) is 0 Å². The van der Waals surface area contributed by atoms with Crippen molar-refractivity contribution in [2.75, 3.05) is 20.6 Å². The molecule has 0 unspecified atom stereocenters. The maximum atomic E-state index is 11.1. The van der Waals surface area contributed by atoms with Crippen molar-refractivity contribution in [2.24, 2.45) is 0 Å². The summed E-state index contributed by atoms with van der Waals surface area (Å²) in [5.74, 6) is -0.313. The van der Waals surface area contributed by atoms with Crippen LogP contribution in [0.25, 0.3) is 5.65 Å². The molecular formula is C12H16N4O2. The Bertz CT molecular complexity index is 589. The third kappa shape index (κ3) is 2.33. The smallest absolute Gasteiger partial charge is 0.339 e. The number of carboxylic acids is 1. The topological polar surface area (TPSA) is 70.7 Å². The first-order valence-corrected chi connectivity index (χ1v) is 5.72. The second kappa shape index (κ2) is 4.73. The van der Waals surface area contributed by atoms with Crippen molar-refractivity contribution >= 4 is 11.6 Å². The lowest BCUT2D eigenvalue weighted by atomic mass is 10.2. The molecule has 0 bridgehead atoms. The molecule has 2 aromatic rings. The Morgan fingerprint density at radius 1 is 1.44 bits per heavy atom. The van der Waals surface area contributed by atoms with E-state index in [0.717, 1.165) is 12.2 Å². The number of rotatable bonds is 4. The van der Waals surface area contributed by atoms with Gasteiger partial charge in [-0.15, -0.1) is 0 Å². The summed E-state index contributed by atoms with van der Waals surface area (Å²) >= 11 is 0. The number of carbonyl (C=O) groups is 1. The number of hydrogen-bond acceptors (Lipinski definition) is 4. The SMILES string of the molecule is Cc1ccc(C(=O)O)c2nc(CCN(C)C)nn12. The van der Waals surface area contributed by atoms with Crippen molar-refractivity contribution in [3.63, 3.8) is 0 Å². The minimum Gasteiger partial charge on any atom is -0.478 e. The molecule has 0 aromatic carbocycles. The fourth-order valence-electron chi connectivity index (χ4n) is 1.72. The van der Waals surface area contributed by atoms with Crippen LogP contribution < -0.4 is 0 Å². The lowest BCUT2D eigenvalue weighted by molar-refractivity contribution is 0.0698. The maximum Gasteiger partial charge on any atom is 0.339 e. The van der Waals surface area contributed by atoms with Crippen LogP contribution in [0.4, 0.5) is 0 Å². The van der Waals surface area contributed by atoms with E-state index in [4.69, 9.17) is 5.11 Å². The summed E-state index contributed by atoms with van der Waals surface area (Å²) in [6.07, 6.45) is 0.702. The molecule has 2 aromatic heterocycles. The quantitative estimate of drug-likeness (QED) is 0.868. The molecule has 6 heteroatoms. The molecule has 96 valence electrons. The molecule has 1 N–H and O–H groups in total. The molecule has 6 nitrogen and oxygen atoms in total. The lowest BCUT2D eigenvalue weighted by Crippen LogP contribution is -2.15. The van der Waals surface area contributed by atoms with Crippen molar-refractivity contribution in [3.8, 4) is 0 Å². The molecule has 0 fully saturated rings. The number of fused-ring (bicyclic) bond motifs is 1. The molecule has 0 aliphatic carbocycles. The van der Waals surface area contributed by atoms with Crippen LogP contribution in [0.5, 0.6) is 0 Å². The first kappa shape index (κ1) is 12.5. The summed E-state index contributed by atoms with van der Waals surface area (Å²) in [7, 11) is 3.95. The number of aromatic nitrogens is 3. The van der Waals surface area contributed by atoms with Gasteiger partial charge in [-0.25, -0.2) is 14.3 Å². The highest BCUT2D eigenvalue weighted by Crippen LogP contribution is 2.12. The Kier molecular flexibility index (Phi) is 3.29. The van der Waals surface area contributed by atoms with E-state index in [-0.39, 0.29) is 5.56 Å². The molecular weight excluding hydrogens is 232 g/mol. The molecule has 18 heavy (non-hydrogen) atoms. The monoisotopic (exact) mass is 248 g/mol. The summed E-state index contributed by atoms with van der Waals surface area (Å²) in [5, 5.41) is 13.5. The second-order valence-corrected chi connectivity index (χ2v) is 4.51. The average molecular weight is 248 g/mol. The number of pyridine rings is 1. The fraction of sp³-hybridized carbons (Fsp3) is 0.417. The van der Waals surface area contributed by atoms with Gasteiger partial charge in [-0.1, -0.05) is 0 Å². The van der Waals surface area contributed by atoms with E-state index in [1.54, 1.807) is 16.6 Å². The van der Waals surface area contributed by atoms with Crippen LogP contribution in [-0.4, -0.2) is 51.2 Å². The summed E-state index contributed by atoms with van der Waals surface area (Å²) in [4.78, 5) is 17.5. The number of hydrogen-bond donors (Lipinski definition) is 1. The normalized spacial score (nSPS) is 11.3. The van der Waals surface area contributed by atoms with Crippen LogP contribution in [-0.2, 0) is 6.42 Å². The number of nitrogens with zero attached hydrogens (tertiary/aromatic N) is 4. The number of likely N-dealkylation sites (N-methyl/N-ethyl adjacent to an activating group) is 1. The summed E-state index contributed by atoms with van der Waals surface area (Å²) < 4.78 is 1.59. The molecule has 0 amide bonds. The maximum absolute atomic E-state index is 11.1. The standard InChI is InChI=1S/C12H16N4O2/c1-8-4-5-9(12(17)18)11-13-10(14-16(8)11)6-7-15(2)3/h4-5H,6-7H2,1-3H3,(H,17,18). The van der Waals surface area contributed by atoms with Crippen LogP contribution in [0, 0.1) is 6.92 Å². The van der Waals surface area contributed by atoms with Crippen LogP contribution in [0.2, 0.25) is 0 Å². The summed E-state index contributed by atoms with van der Waals surface area (Å²) in [6, 6.07) is 3.30. The van der Waals surface area contributed by atoms with E-state index in [1.165, 1.54) is 0 Å². The van der Waals surface area contributed by atoms with E-state index in [2.05, 4.69) is 10.1 Å². The Labute approximate surface area is 105 Å². The average Bonchev–Trinajstić information content (AvgIpc) is 2.71. The Balaban J connectivity index is 2.45. The predicted molar refractivity (Wildman–Crippen MR) is 66.9 cm³/mol. The summed E-state index contributed by atoms with van der Waals surface area (Å²) in [6.45, 7) is 2.71. The van der Waals surface area contributed by atoms with Crippen molar-refractivity contribution in [2.45, 2.75) is 13.3 Å². The Morgan fingerprint density at radius 3 is 2.78 bits per heavy atom. The highest BCUT2D eigenvalue weighted by atomic mass is 16.4. The van der Waals surface area contributed by atoms with Crippen LogP contribution in [0.3, 0.4) is 0 Å². The van der Waals surface area contributed by atoms with E-state index < -0.39 is 5.97 Å². The minimum absolute atomic E-state index is 0.184. The molecule has 0 radical (unpaired) electrons. The van der Waals surface area contributed by atoms with Gasteiger partial charge in [0.1, 0.15) is 5.56 Å². The van der Waals surface area contributed by atoms with Crippen LogP contribution in [0.1, 0.15) is 21.9 Å². The molecule has 0 saturated carbocycles. The highest BCUT2D eigenvalue weighted by molar-refractivity contribution is 5.94. The summed E-state index contributed by atoms with van der Waals surface area (Å²) in [5.41, 5.74) is 1.47. The first-order chi connectivity index (χ1) is 8.49. The van der Waals surface area contributed by atoms with Gasteiger partial charge >= 0.3 is 5.97 Å². The van der Waals surface area contributed by atoms with E-state index in [0.29, 0.717) is 17.9 Å². The second-order valence-electron chi connectivity index (χ2n) is 4.51. The van der Waals surface area contributed by atoms with Gasteiger partial charge in [0.2, 0.25) is 0 Å². The molecule has 0 atom stereocenters. The Morgan fingerprint density at radius 2 is 2.17 bits per heavy atom. The molecule has 0 saturated heterocycles. The fourth-order valence-corrected chi connectivity index (χ4v) is 1.72. The third-order valence-corrected chi connectivity index (χ3v) is 2.73. The van der Waals surface area contributed by atoms with Crippen molar-refractivity contribution in [3.05, 3.63) is 29.2 Å². The van der Waals surface area contributed by atoms with E-state index in [1.807, 2.05) is 25.9 Å². The first-order valence-electron chi connectivity index (χ1n) is 5.72. The molecule has 2 heterocycles. The van der Waals surface area contributed by atoms with Gasteiger partial charge in [0.25, 0.3) is 0 Å². The van der Waals surface area contributed by atoms with Crippen molar-refractivity contribution < 1.29 is 9.90 Å². The van der Waals surface area contributed by atoms with Crippen LogP contribution >= 0.6 is 0 Å². The zero-order valence-corrected chi connectivity index (χ0v) is 10.7. The van der Waals surface area contributed by atoms with Crippen molar-refractivity contribution in [1.82, 2.24) is 19.5 Å². The third-order valence-electron chi connectivity index (χ3n) is 2.73. The highest BCUT2D eigenvalue weighted by Gasteiger charge is 2.14. The van der Waals surface area contributed by atoms with E-state index in [9.17, 15) is 4.79 Å². The number of aromatic carboxylic acids is 1. The van der Waals surface area contributed by atoms with Gasteiger partial charge in [0, 0.05) is 18.7 Å². The lowest BCUT2D eigenvalue weighted by Gasteiger charge is -2.05. The number of aryl methyl sites for hydroxylation is 1. The number of carboxylic acid groups (broad SMARTS) is 1. The largest absolute Gasteiger partial charge is 0.478 e. The Hall–Kier alpha value is -1.95. The van der Waals surface area contributed by atoms with Gasteiger partial charge in [-0.2, -0.15) is 5.10 Å². The zero-order chi connectivity index (χ0) is 13.3. The van der Waals surface area contributed by atoms with Gasteiger partial charge in [0.15, 0.2) is 11.5 Å². The molecule has 2 rings (SSSR count). The zero-order valence-electron chi connectivity index (χ0n) is 10.7. The minimum atomic E-state index is -0.980. The predicted octanol–water partition coefficient (Wildman–Crippen LogP) is 0.840. The van der Waals surface area contributed by atoms with Gasteiger partial charge in [-0.3, -0.25) is 0 Å². The van der Waals surface area contributed by atoms with Crippen molar-refractivity contribution in [1.29, 1.82) is 0 Å². The van der Waals surface area contributed by atoms with Gasteiger partial charge in [-0.05, 0) is 33.2 Å². The molecule has 0 aliphatic heterocycles. The van der Waals surface area contributed by atoms with Gasteiger partial charge < -0.3 is 10.0 Å². The molecule has 0 spiro atoms. The van der Waals surface area contributed by atoms with Crippen LogP contribution in [0.15, 0.2) is 12.1 Å².